The monoisotopic (exact) mass is 172 g/mol. The molecule has 4 nitrogen and oxygen atoms in total. The van der Waals surface area contributed by atoms with Crippen LogP contribution >= 0.6 is 0 Å². The maximum absolute atomic E-state index is 10.3. The summed E-state index contributed by atoms with van der Waals surface area (Å²) in [5.41, 5.74) is 5.81. The Kier molecular flexibility index (Phi) is 3.49. The second-order valence-corrected chi connectivity index (χ2v) is 3.35. The molecule has 0 radical (unpaired) electrons. The second kappa shape index (κ2) is 4.42. The van der Waals surface area contributed by atoms with E-state index in [1.54, 1.807) is 0 Å². The lowest BCUT2D eigenvalue weighted by atomic mass is 9.89. The average molecular weight is 172 g/mol. The Morgan fingerprint density at radius 1 is 1.67 bits per heavy atom. The highest BCUT2D eigenvalue weighted by atomic mass is 16.4. The molecule has 2 unspecified atom stereocenters. The number of rotatable bonds is 3. The molecular formula is C8H16N2O2. The van der Waals surface area contributed by atoms with Gasteiger partial charge in [-0.15, -0.1) is 0 Å². The SMILES string of the molecule is NC1CNCCC1CCC(=O)O. The Morgan fingerprint density at radius 2 is 2.42 bits per heavy atom. The Hall–Kier alpha value is -0.610. The van der Waals surface area contributed by atoms with Gasteiger partial charge in [0.15, 0.2) is 0 Å². The van der Waals surface area contributed by atoms with Crippen LogP contribution in [0.25, 0.3) is 0 Å². The van der Waals surface area contributed by atoms with Crippen molar-refractivity contribution in [1.29, 1.82) is 0 Å². The van der Waals surface area contributed by atoms with Crippen LogP contribution in [0.2, 0.25) is 0 Å². The maximum atomic E-state index is 10.3. The normalized spacial score (nSPS) is 30.1. The molecule has 1 aliphatic rings. The van der Waals surface area contributed by atoms with Gasteiger partial charge in [-0.3, -0.25) is 4.79 Å². The number of carbonyl (C=O) groups is 1. The zero-order chi connectivity index (χ0) is 8.97. The number of carboxylic acids is 1. The topological polar surface area (TPSA) is 75.3 Å². The first-order chi connectivity index (χ1) is 5.70. The highest BCUT2D eigenvalue weighted by molar-refractivity contribution is 5.66. The number of hydrogen-bond donors (Lipinski definition) is 3. The van der Waals surface area contributed by atoms with E-state index in [1.165, 1.54) is 0 Å². The number of aliphatic carboxylic acids is 1. The highest BCUT2D eigenvalue weighted by Crippen LogP contribution is 2.16. The summed E-state index contributed by atoms with van der Waals surface area (Å²) >= 11 is 0. The van der Waals surface area contributed by atoms with E-state index in [9.17, 15) is 4.79 Å². The quantitative estimate of drug-likeness (QED) is 0.550. The smallest absolute Gasteiger partial charge is 0.303 e. The van der Waals surface area contributed by atoms with Gasteiger partial charge < -0.3 is 16.2 Å². The van der Waals surface area contributed by atoms with E-state index in [0.717, 1.165) is 25.9 Å². The first-order valence-electron chi connectivity index (χ1n) is 4.38. The van der Waals surface area contributed by atoms with E-state index in [4.69, 9.17) is 10.8 Å². The molecule has 1 rings (SSSR count). The van der Waals surface area contributed by atoms with Crippen LogP contribution in [0.1, 0.15) is 19.3 Å². The summed E-state index contributed by atoms with van der Waals surface area (Å²) in [5.74, 6) is -0.330. The molecule has 70 valence electrons. The van der Waals surface area contributed by atoms with Crippen LogP contribution in [0.15, 0.2) is 0 Å². The summed E-state index contributed by atoms with van der Waals surface area (Å²) in [6, 6.07) is 0.137. The van der Waals surface area contributed by atoms with Crippen molar-refractivity contribution in [2.45, 2.75) is 25.3 Å². The number of carboxylic acid groups (broad SMARTS) is 1. The molecule has 12 heavy (non-hydrogen) atoms. The second-order valence-electron chi connectivity index (χ2n) is 3.35. The zero-order valence-corrected chi connectivity index (χ0v) is 7.12. The molecule has 0 aromatic rings. The number of nitrogens with two attached hydrogens (primary N) is 1. The first kappa shape index (κ1) is 9.48. The summed E-state index contributed by atoms with van der Waals surface area (Å²) in [6.45, 7) is 1.79. The van der Waals surface area contributed by atoms with E-state index in [1.807, 2.05) is 0 Å². The predicted octanol–water partition coefficient (Wildman–Crippen LogP) is -0.212. The van der Waals surface area contributed by atoms with Crippen LogP contribution in [-0.4, -0.2) is 30.2 Å². The van der Waals surface area contributed by atoms with Gasteiger partial charge in [0.2, 0.25) is 0 Å². The average Bonchev–Trinajstić information content (AvgIpc) is 2.03. The van der Waals surface area contributed by atoms with Crippen molar-refractivity contribution in [3.05, 3.63) is 0 Å². The minimum atomic E-state index is -0.722. The van der Waals surface area contributed by atoms with E-state index in [0.29, 0.717) is 5.92 Å². The molecule has 4 heteroatoms. The fourth-order valence-electron chi connectivity index (χ4n) is 1.60. The standard InChI is InChI=1S/C8H16N2O2/c9-7-5-10-4-3-6(7)1-2-8(11)12/h6-7,10H,1-5,9H2,(H,11,12). The number of hydrogen-bond acceptors (Lipinski definition) is 3. The lowest BCUT2D eigenvalue weighted by Crippen LogP contribution is -2.46. The van der Waals surface area contributed by atoms with Gasteiger partial charge in [-0.25, -0.2) is 0 Å². The Balaban J connectivity index is 2.24. The van der Waals surface area contributed by atoms with Gasteiger partial charge in [0.05, 0.1) is 0 Å². The largest absolute Gasteiger partial charge is 0.481 e. The van der Waals surface area contributed by atoms with Crippen LogP contribution in [0, 0.1) is 5.92 Å². The Labute approximate surface area is 72.1 Å². The van der Waals surface area contributed by atoms with Crippen LogP contribution in [0.3, 0.4) is 0 Å². The van der Waals surface area contributed by atoms with Gasteiger partial charge >= 0.3 is 5.97 Å². The highest BCUT2D eigenvalue weighted by Gasteiger charge is 2.21. The molecular weight excluding hydrogens is 156 g/mol. The van der Waals surface area contributed by atoms with E-state index < -0.39 is 5.97 Å². The molecule has 1 saturated heterocycles. The van der Waals surface area contributed by atoms with Crippen LogP contribution in [-0.2, 0) is 4.79 Å². The summed E-state index contributed by atoms with van der Waals surface area (Å²) in [4.78, 5) is 10.3. The third-order valence-corrected chi connectivity index (χ3v) is 2.41. The molecule has 0 amide bonds. The molecule has 0 bridgehead atoms. The summed E-state index contributed by atoms with van der Waals surface area (Å²) in [5, 5.41) is 11.7. The fraction of sp³-hybridized carbons (Fsp3) is 0.875. The molecule has 2 atom stereocenters. The predicted molar refractivity (Wildman–Crippen MR) is 45.8 cm³/mol. The Morgan fingerprint density at radius 3 is 3.00 bits per heavy atom. The van der Waals surface area contributed by atoms with Crippen LogP contribution in [0.5, 0.6) is 0 Å². The van der Waals surface area contributed by atoms with Gasteiger partial charge in [0.1, 0.15) is 0 Å². The third-order valence-electron chi connectivity index (χ3n) is 2.41. The minimum Gasteiger partial charge on any atom is -0.481 e. The van der Waals surface area contributed by atoms with Crippen molar-refractivity contribution >= 4 is 5.97 Å². The van der Waals surface area contributed by atoms with E-state index >= 15 is 0 Å². The van der Waals surface area contributed by atoms with Crippen molar-refractivity contribution in [2.75, 3.05) is 13.1 Å². The molecule has 0 aromatic carbocycles. The van der Waals surface area contributed by atoms with E-state index in [-0.39, 0.29) is 12.5 Å². The van der Waals surface area contributed by atoms with Gasteiger partial charge in [-0.1, -0.05) is 0 Å². The van der Waals surface area contributed by atoms with Crippen LogP contribution < -0.4 is 11.1 Å². The fourth-order valence-corrected chi connectivity index (χ4v) is 1.60. The molecule has 4 N–H and O–H groups in total. The molecule has 0 spiro atoms. The van der Waals surface area contributed by atoms with Crippen molar-refractivity contribution < 1.29 is 9.90 Å². The van der Waals surface area contributed by atoms with Gasteiger partial charge in [0.25, 0.3) is 0 Å². The van der Waals surface area contributed by atoms with Gasteiger partial charge in [0, 0.05) is 19.0 Å². The lowest BCUT2D eigenvalue weighted by molar-refractivity contribution is -0.137. The molecule has 1 fully saturated rings. The van der Waals surface area contributed by atoms with Crippen molar-refractivity contribution in [1.82, 2.24) is 5.32 Å². The van der Waals surface area contributed by atoms with E-state index in [2.05, 4.69) is 5.32 Å². The summed E-state index contributed by atoms with van der Waals surface area (Å²) in [7, 11) is 0. The summed E-state index contributed by atoms with van der Waals surface area (Å²) < 4.78 is 0. The van der Waals surface area contributed by atoms with Crippen LogP contribution in [0.4, 0.5) is 0 Å². The van der Waals surface area contributed by atoms with Crippen molar-refractivity contribution in [2.24, 2.45) is 11.7 Å². The molecule has 0 aromatic heterocycles. The lowest BCUT2D eigenvalue weighted by Gasteiger charge is -2.28. The molecule has 0 aliphatic carbocycles. The minimum absolute atomic E-state index is 0.137. The summed E-state index contributed by atoms with van der Waals surface area (Å²) in [6.07, 6.45) is 1.98. The van der Waals surface area contributed by atoms with Crippen molar-refractivity contribution in [3.63, 3.8) is 0 Å². The first-order valence-corrected chi connectivity index (χ1v) is 4.38. The molecule has 1 aliphatic heterocycles. The van der Waals surface area contributed by atoms with Crippen molar-refractivity contribution in [3.8, 4) is 0 Å². The molecule has 0 saturated carbocycles. The zero-order valence-electron chi connectivity index (χ0n) is 7.12. The third kappa shape index (κ3) is 2.79. The van der Waals surface area contributed by atoms with Gasteiger partial charge in [-0.2, -0.15) is 0 Å². The Bertz CT molecular complexity index is 161. The van der Waals surface area contributed by atoms with Gasteiger partial charge in [-0.05, 0) is 25.3 Å². The number of piperidine rings is 1. The molecule has 1 heterocycles. The number of nitrogens with one attached hydrogen (secondary N) is 1. The maximum Gasteiger partial charge on any atom is 0.303 e.